The second kappa shape index (κ2) is 8.04. The van der Waals surface area contributed by atoms with E-state index in [9.17, 15) is 13.2 Å². The first-order valence-electron chi connectivity index (χ1n) is 9.81. The first-order valence-corrected chi connectivity index (χ1v) is 11.3. The van der Waals surface area contributed by atoms with Crippen molar-refractivity contribution in [2.45, 2.75) is 24.7 Å². The van der Waals surface area contributed by atoms with Crippen LogP contribution in [0.3, 0.4) is 0 Å². The Morgan fingerprint density at radius 1 is 1.00 bits per heavy atom. The monoisotopic (exact) mass is 415 g/mol. The summed E-state index contributed by atoms with van der Waals surface area (Å²) in [5, 5.41) is 0. The summed E-state index contributed by atoms with van der Waals surface area (Å²) in [7, 11) is -3.71. The second-order valence-electron chi connectivity index (χ2n) is 7.35. The Kier molecular flexibility index (Phi) is 5.47. The zero-order chi connectivity index (χ0) is 20.4. The van der Waals surface area contributed by atoms with Crippen molar-refractivity contribution < 1.29 is 17.9 Å². The normalized spacial score (nSPS) is 17.6. The lowest BCUT2D eigenvalue weighted by Crippen LogP contribution is -2.36. The van der Waals surface area contributed by atoms with Crippen LogP contribution in [0, 0.1) is 6.92 Å². The molecule has 2 aliphatic heterocycles. The fourth-order valence-electron chi connectivity index (χ4n) is 3.78. The maximum absolute atomic E-state index is 12.8. The van der Waals surface area contributed by atoms with Crippen LogP contribution in [0.1, 0.15) is 18.4 Å². The third kappa shape index (κ3) is 4.23. The molecule has 1 amide bonds. The van der Waals surface area contributed by atoms with Crippen molar-refractivity contribution in [3.63, 3.8) is 0 Å². The maximum Gasteiger partial charge on any atom is 0.261 e. The third-order valence-corrected chi connectivity index (χ3v) is 6.72. The van der Waals surface area contributed by atoms with Gasteiger partial charge >= 0.3 is 0 Å². The first kappa shape index (κ1) is 19.7. The molecule has 0 bridgehead atoms. The van der Waals surface area contributed by atoms with E-state index in [2.05, 4.69) is 9.62 Å². The summed E-state index contributed by atoms with van der Waals surface area (Å²) in [5.41, 5.74) is 3.11. The number of rotatable bonds is 5. The number of carbonyl (C=O) groups is 1. The summed E-state index contributed by atoms with van der Waals surface area (Å²) in [6.45, 7) is 5.57. The van der Waals surface area contributed by atoms with Crippen LogP contribution in [0.2, 0.25) is 0 Å². The average molecular weight is 416 g/mol. The molecule has 0 atom stereocenters. The summed E-state index contributed by atoms with van der Waals surface area (Å²) in [6, 6.07) is 12.3. The molecule has 29 heavy (non-hydrogen) atoms. The molecule has 2 fully saturated rings. The molecule has 0 radical (unpaired) electrons. The van der Waals surface area contributed by atoms with E-state index in [1.165, 1.54) is 0 Å². The van der Waals surface area contributed by atoms with Gasteiger partial charge in [-0.3, -0.25) is 9.52 Å². The van der Waals surface area contributed by atoms with Gasteiger partial charge in [0.25, 0.3) is 10.0 Å². The minimum atomic E-state index is -3.71. The van der Waals surface area contributed by atoms with Crippen molar-refractivity contribution >= 4 is 33.0 Å². The highest BCUT2D eigenvalue weighted by molar-refractivity contribution is 7.92. The van der Waals surface area contributed by atoms with Crippen LogP contribution < -0.4 is 14.5 Å². The third-order valence-electron chi connectivity index (χ3n) is 5.34. The molecule has 2 aliphatic rings. The number of hydrogen-bond acceptors (Lipinski definition) is 5. The summed E-state index contributed by atoms with van der Waals surface area (Å²) in [4.78, 5) is 16.1. The van der Waals surface area contributed by atoms with Gasteiger partial charge in [0.15, 0.2) is 0 Å². The van der Waals surface area contributed by atoms with E-state index < -0.39 is 10.0 Å². The highest BCUT2D eigenvalue weighted by Crippen LogP contribution is 2.28. The van der Waals surface area contributed by atoms with Crippen molar-refractivity contribution in [2.75, 3.05) is 47.4 Å². The number of nitrogens with one attached hydrogen (secondary N) is 1. The predicted molar refractivity (Wildman–Crippen MR) is 113 cm³/mol. The number of benzene rings is 2. The number of aryl methyl sites for hydroxylation is 1. The van der Waals surface area contributed by atoms with E-state index in [-0.39, 0.29) is 10.8 Å². The molecular formula is C21H25N3O4S. The molecule has 2 saturated heterocycles. The minimum absolute atomic E-state index is 0.0854. The van der Waals surface area contributed by atoms with Crippen LogP contribution in [0.25, 0.3) is 0 Å². The molecule has 154 valence electrons. The van der Waals surface area contributed by atoms with Gasteiger partial charge in [0.2, 0.25) is 5.91 Å². The smallest absolute Gasteiger partial charge is 0.261 e. The molecule has 2 heterocycles. The molecule has 1 N–H and O–H groups in total. The number of sulfonamides is 1. The molecule has 8 heteroatoms. The van der Waals surface area contributed by atoms with Gasteiger partial charge in [-0.1, -0.05) is 0 Å². The molecule has 0 spiro atoms. The Morgan fingerprint density at radius 2 is 1.72 bits per heavy atom. The fraction of sp³-hybridized carbons (Fsp3) is 0.381. The zero-order valence-electron chi connectivity index (χ0n) is 16.4. The molecule has 2 aromatic carbocycles. The summed E-state index contributed by atoms with van der Waals surface area (Å²) in [6.07, 6.45) is 1.38. The van der Waals surface area contributed by atoms with E-state index in [4.69, 9.17) is 4.74 Å². The molecule has 4 rings (SSSR count). The summed E-state index contributed by atoms with van der Waals surface area (Å²) in [5.74, 6) is 0.0854. The van der Waals surface area contributed by atoms with Gasteiger partial charge in [0, 0.05) is 43.1 Å². The molecule has 0 aliphatic carbocycles. The first-order chi connectivity index (χ1) is 13.9. The van der Waals surface area contributed by atoms with Crippen molar-refractivity contribution in [1.82, 2.24) is 0 Å². The second-order valence-corrected chi connectivity index (χ2v) is 9.03. The van der Waals surface area contributed by atoms with Crippen LogP contribution in [0.4, 0.5) is 17.1 Å². The number of amides is 1. The fourth-order valence-corrected chi connectivity index (χ4v) is 4.92. The van der Waals surface area contributed by atoms with Crippen LogP contribution in [-0.4, -0.2) is 47.2 Å². The van der Waals surface area contributed by atoms with Crippen molar-refractivity contribution in [3.8, 4) is 0 Å². The Hall–Kier alpha value is -2.58. The van der Waals surface area contributed by atoms with E-state index in [1.54, 1.807) is 35.2 Å². The largest absolute Gasteiger partial charge is 0.378 e. The van der Waals surface area contributed by atoms with Crippen molar-refractivity contribution in [3.05, 3.63) is 48.0 Å². The minimum Gasteiger partial charge on any atom is -0.378 e. The maximum atomic E-state index is 12.8. The van der Waals surface area contributed by atoms with Crippen molar-refractivity contribution in [1.29, 1.82) is 0 Å². The van der Waals surface area contributed by atoms with Gasteiger partial charge < -0.3 is 14.5 Å². The van der Waals surface area contributed by atoms with Gasteiger partial charge in [-0.25, -0.2) is 8.42 Å². The molecule has 7 nitrogen and oxygen atoms in total. The number of anilines is 3. The van der Waals surface area contributed by atoms with Gasteiger partial charge in [0.05, 0.1) is 18.1 Å². The van der Waals surface area contributed by atoms with Gasteiger partial charge in [-0.2, -0.15) is 0 Å². The number of carbonyl (C=O) groups excluding carboxylic acids is 1. The Labute approximate surface area is 171 Å². The topological polar surface area (TPSA) is 79.0 Å². The lowest BCUT2D eigenvalue weighted by atomic mass is 10.2. The number of ether oxygens (including phenoxy) is 1. The van der Waals surface area contributed by atoms with E-state index in [0.29, 0.717) is 31.9 Å². The van der Waals surface area contributed by atoms with E-state index >= 15 is 0 Å². The number of nitrogens with zero attached hydrogens (tertiary/aromatic N) is 2. The Bertz CT molecular complexity index is 999. The number of morpholine rings is 1. The quantitative estimate of drug-likeness (QED) is 0.812. The lowest BCUT2D eigenvalue weighted by Gasteiger charge is -2.28. The zero-order valence-corrected chi connectivity index (χ0v) is 17.2. The molecular weight excluding hydrogens is 390 g/mol. The number of hydrogen-bond donors (Lipinski definition) is 1. The Balaban J connectivity index is 1.49. The molecule has 2 aromatic rings. The predicted octanol–water partition coefficient (Wildman–Crippen LogP) is 2.76. The Morgan fingerprint density at radius 3 is 2.34 bits per heavy atom. The van der Waals surface area contributed by atoms with Crippen LogP contribution in [0.15, 0.2) is 47.4 Å². The summed E-state index contributed by atoms with van der Waals surface area (Å²) < 4.78 is 33.6. The average Bonchev–Trinajstić information content (AvgIpc) is 3.14. The van der Waals surface area contributed by atoms with Gasteiger partial charge in [-0.15, -0.1) is 0 Å². The highest BCUT2D eigenvalue weighted by atomic mass is 32.2. The van der Waals surface area contributed by atoms with E-state index in [0.717, 1.165) is 36.4 Å². The lowest BCUT2D eigenvalue weighted by molar-refractivity contribution is -0.117. The standard InChI is InChI=1S/C21H25N3O4S/c1-16-15-19(8-9-20(16)24-10-2-3-21(24)25)29(26,27)22-17-4-6-18(7-5-17)23-11-13-28-14-12-23/h4-9,15,22H,2-3,10-14H2,1H3. The van der Waals surface area contributed by atoms with Gasteiger partial charge in [0.1, 0.15) is 0 Å². The van der Waals surface area contributed by atoms with E-state index in [1.807, 2.05) is 19.1 Å². The molecule has 0 aromatic heterocycles. The SMILES string of the molecule is Cc1cc(S(=O)(=O)Nc2ccc(N3CCOCC3)cc2)ccc1N1CCCC1=O. The van der Waals surface area contributed by atoms with Crippen molar-refractivity contribution in [2.24, 2.45) is 0 Å². The van der Waals surface area contributed by atoms with Crippen LogP contribution >= 0.6 is 0 Å². The molecule has 0 saturated carbocycles. The highest BCUT2D eigenvalue weighted by Gasteiger charge is 2.24. The van der Waals surface area contributed by atoms with Crippen LogP contribution in [0.5, 0.6) is 0 Å². The van der Waals surface area contributed by atoms with Gasteiger partial charge in [-0.05, 0) is 61.4 Å². The molecule has 0 unspecified atom stereocenters. The van der Waals surface area contributed by atoms with Crippen LogP contribution in [-0.2, 0) is 19.6 Å². The summed E-state index contributed by atoms with van der Waals surface area (Å²) >= 11 is 0.